The maximum atomic E-state index is 13.2. The first-order valence-electron chi connectivity index (χ1n) is 8.72. The Morgan fingerprint density at radius 1 is 1.18 bits per heavy atom. The lowest BCUT2D eigenvalue weighted by atomic mass is 9.86. The molecule has 1 aliphatic heterocycles. The Morgan fingerprint density at radius 2 is 1.89 bits per heavy atom. The average Bonchev–Trinajstić information content (AvgIpc) is 2.58. The quantitative estimate of drug-likeness (QED) is 0.701. The van der Waals surface area contributed by atoms with Crippen LogP contribution >= 0.6 is 0 Å². The molecule has 0 bridgehead atoms. The second-order valence-corrected chi connectivity index (χ2v) is 7.64. The first-order chi connectivity index (χ1) is 13.0. The van der Waals surface area contributed by atoms with E-state index in [-0.39, 0.29) is 23.4 Å². The van der Waals surface area contributed by atoms with Crippen molar-refractivity contribution in [1.82, 2.24) is 0 Å². The van der Waals surface area contributed by atoms with E-state index < -0.39 is 29.5 Å². The topological polar surface area (TPSA) is 70.6 Å². The van der Waals surface area contributed by atoms with Crippen LogP contribution in [-0.2, 0) is 16.4 Å². The predicted molar refractivity (Wildman–Crippen MR) is 99.8 cm³/mol. The van der Waals surface area contributed by atoms with Crippen LogP contribution < -0.4 is 15.4 Å². The number of aromatic hydroxyl groups is 1. The Morgan fingerprint density at radius 3 is 2.50 bits per heavy atom. The van der Waals surface area contributed by atoms with Crippen LogP contribution in [0.5, 0.6) is 11.5 Å². The van der Waals surface area contributed by atoms with Crippen molar-refractivity contribution in [3.63, 3.8) is 0 Å². The minimum atomic E-state index is -4.60. The van der Waals surface area contributed by atoms with Gasteiger partial charge in [-0.1, -0.05) is 32.9 Å². The molecule has 0 radical (unpaired) electrons. The number of phenols is 1. The highest BCUT2D eigenvalue weighted by molar-refractivity contribution is 5.95. The molecule has 1 amide bonds. The number of benzene rings is 2. The Labute approximate surface area is 160 Å². The average molecular weight is 394 g/mol. The third-order valence-corrected chi connectivity index (χ3v) is 4.42. The Balaban J connectivity index is 1.78. The largest absolute Gasteiger partial charge is 0.508 e. The van der Waals surface area contributed by atoms with Crippen molar-refractivity contribution >= 4 is 17.3 Å². The molecule has 1 unspecified atom stereocenters. The summed E-state index contributed by atoms with van der Waals surface area (Å²) < 4.78 is 45.0. The Bertz CT molecular complexity index is 905. The van der Waals surface area contributed by atoms with Crippen molar-refractivity contribution in [3.8, 4) is 11.5 Å². The maximum absolute atomic E-state index is 13.2. The number of hydrogen-bond acceptors (Lipinski definition) is 4. The maximum Gasteiger partial charge on any atom is 0.420 e. The molecule has 3 N–H and O–H groups in total. The lowest BCUT2D eigenvalue weighted by Crippen LogP contribution is -2.41. The number of ether oxygens (including phenoxy) is 1. The van der Waals surface area contributed by atoms with Gasteiger partial charge in [-0.3, -0.25) is 4.79 Å². The summed E-state index contributed by atoms with van der Waals surface area (Å²) in [4.78, 5) is 12.5. The fourth-order valence-electron chi connectivity index (χ4n) is 3.03. The van der Waals surface area contributed by atoms with E-state index >= 15 is 0 Å². The molecular weight excluding hydrogens is 373 g/mol. The van der Waals surface area contributed by atoms with E-state index in [0.717, 1.165) is 6.07 Å². The van der Waals surface area contributed by atoms with Crippen LogP contribution in [0.2, 0.25) is 0 Å². The summed E-state index contributed by atoms with van der Waals surface area (Å²) in [5.41, 5.74) is 0.00726. The summed E-state index contributed by atoms with van der Waals surface area (Å²) >= 11 is 0. The van der Waals surface area contributed by atoms with Gasteiger partial charge in [0.25, 0.3) is 5.91 Å². The van der Waals surface area contributed by atoms with Gasteiger partial charge in [0, 0.05) is 11.8 Å². The zero-order valence-corrected chi connectivity index (χ0v) is 15.6. The van der Waals surface area contributed by atoms with Gasteiger partial charge < -0.3 is 20.5 Å². The lowest BCUT2D eigenvalue weighted by molar-refractivity contribution is -0.140. The summed E-state index contributed by atoms with van der Waals surface area (Å²) in [7, 11) is 0. The van der Waals surface area contributed by atoms with Gasteiger partial charge in [0.1, 0.15) is 5.75 Å². The molecule has 1 aliphatic rings. The molecule has 2 aromatic carbocycles. The summed E-state index contributed by atoms with van der Waals surface area (Å²) in [6.45, 7) is 5.85. The van der Waals surface area contributed by atoms with E-state index in [1.807, 2.05) is 20.8 Å². The monoisotopic (exact) mass is 394 g/mol. The molecule has 0 saturated carbocycles. The molecule has 8 heteroatoms. The third kappa shape index (κ3) is 4.00. The van der Waals surface area contributed by atoms with Crippen molar-refractivity contribution < 1.29 is 27.8 Å². The van der Waals surface area contributed by atoms with Crippen LogP contribution in [0.3, 0.4) is 0 Å². The van der Waals surface area contributed by atoms with Gasteiger partial charge in [-0.25, -0.2) is 0 Å². The van der Waals surface area contributed by atoms with Crippen molar-refractivity contribution in [3.05, 3.63) is 47.5 Å². The van der Waals surface area contributed by atoms with Crippen LogP contribution in [0.4, 0.5) is 24.5 Å². The smallest absolute Gasteiger partial charge is 0.420 e. The van der Waals surface area contributed by atoms with E-state index in [9.17, 15) is 23.1 Å². The molecule has 5 nitrogen and oxygen atoms in total. The highest BCUT2D eigenvalue weighted by Crippen LogP contribution is 2.42. The van der Waals surface area contributed by atoms with Crippen molar-refractivity contribution in [2.24, 2.45) is 0 Å². The minimum Gasteiger partial charge on any atom is -0.508 e. The number of alkyl halides is 3. The van der Waals surface area contributed by atoms with Crippen LogP contribution in [0.15, 0.2) is 36.4 Å². The Hall–Kier alpha value is -2.90. The summed E-state index contributed by atoms with van der Waals surface area (Å²) in [6, 6.07) is 8.37. The van der Waals surface area contributed by atoms with Gasteiger partial charge >= 0.3 is 6.18 Å². The molecule has 1 heterocycles. The number of anilines is 2. The number of para-hydroxylation sites is 1. The minimum absolute atomic E-state index is 0.0200. The predicted octanol–water partition coefficient (Wildman–Crippen LogP) is 4.52. The molecule has 150 valence electrons. The van der Waals surface area contributed by atoms with E-state index in [1.165, 1.54) is 18.2 Å². The molecule has 3 rings (SSSR count). The third-order valence-electron chi connectivity index (χ3n) is 4.42. The van der Waals surface area contributed by atoms with Crippen LogP contribution in [0, 0.1) is 0 Å². The highest BCUT2D eigenvalue weighted by Gasteiger charge is 2.38. The first-order valence-corrected chi connectivity index (χ1v) is 8.72. The molecule has 0 aromatic heterocycles. The summed E-state index contributed by atoms with van der Waals surface area (Å²) in [5, 5.41) is 15.6. The van der Waals surface area contributed by atoms with Gasteiger partial charge in [-0.05, 0) is 29.2 Å². The molecule has 0 spiro atoms. The van der Waals surface area contributed by atoms with Crippen molar-refractivity contribution in [2.45, 2.75) is 38.5 Å². The first kappa shape index (κ1) is 19.9. The Kier molecular flexibility index (Phi) is 4.91. The fraction of sp³-hybridized carbons (Fsp3) is 0.350. The number of amides is 1. The second-order valence-electron chi connectivity index (χ2n) is 7.64. The van der Waals surface area contributed by atoms with Crippen molar-refractivity contribution in [2.75, 3.05) is 17.2 Å². The molecule has 2 aromatic rings. The fourth-order valence-corrected chi connectivity index (χ4v) is 3.03. The lowest BCUT2D eigenvalue weighted by Gasteiger charge is -2.28. The number of carbonyl (C=O) groups excluding carboxylic acids is 1. The van der Waals surface area contributed by atoms with Crippen LogP contribution in [0.25, 0.3) is 0 Å². The number of phenolic OH excluding ortho intramolecular Hbond substituents is 1. The number of nitrogens with one attached hydrogen (secondary N) is 2. The van der Waals surface area contributed by atoms with Crippen LogP contribution in [0.1, 0.15) is 31.9 Å². The van der Waals surface area contributed by atoms with Crippen molar-refractivity contribution in [1.29, 1.82) is 0 Å². The highest BCUT2D eigenvalue weighted by atomic mass is 19.4. The van der Waals surface area contributed by atoms with E-state index in [1.54, 1.807) is 12.1 Å². The van der Waals surface area contributed by atoms with Gasteiger partial charge in [-0.2, -0.15) is 13.2 Å². The van der Waals surface area contributed by atoms with Gasteiger partial charge in [0.15, 0.2) is 11.9 Å². The molecule has 0 saturated heterocycles. The van der Waals surface area contributed by atoms with Crippen LogP contribution in [-0.4, -0.2) is 23.7 Å². The second kappa shape index (κ2) is 6.92. The summed E-state index contributed by atoms with van der Waals surface area (Å²) in [6.07, 6.45) is -5.75. The number of carbonyl (C=O) groups is 1. The van der Waals surface area contributed by atoms with E-state index in [4.69, 9.17) is 4.74 Å². The summed E-state index contributed by atoms with van der Waals surface area (Å²) in [5.74, 6) is -0.983. The van der Waals surface area contributed by atoms with Gasteiger partial charge in [-0.15, -0.1) is 0 Å². The number of halogens is 3. The normalized spacial score (nSPS) is 16.6. The number of fused-ring (bicyclic) bond motifs is 1. The number of rotatable bonds is 2. The molecule has 0 aliphatic carbocycles. The van der Waals surface area contributed by atoms with E-state index in [2.05, 4.69) is 10.6 Å². The zero-order chi connectivity index (χ0) is 20.7. The molecule has 0 fully saturated rings. The standard InChI is InChI=1S/C20H21F3N2O3/c1-19(2,3)12-8-7-11(9-15(12)26)25-18(27)16-10-24-14-6-4-5-13(17(14)28-16)20(21,22)23/h4-9,16,24,26H,10H2,1-3H3,(H,25,27). The number of hydrogen-bond donors (Lipinski definition) is 3. The molecular formula is C20H21F3N2O3. The SMILES string of the molecule is CC(C)(C)c1ccc(NC(=O)C2CNc3cccc(C(F)(F)F)c3O2)cc1O. The molecule has 28 heavy (non-hydrogen) atoms. The van der Waals surface area contributed by atoms with Gasteiger partial charge in [0.2, 0.25) is 0 Å². The van der Waals surface area contributed by atoms with Gasteiger partial charge in [0.05, 0.1) is 17.8 Å². The zero-order valence-electron chi connectivity index (χ0n) is 15.6. The van der Waals surface area contributed by atoms with E-state index in [0.29, 0.717) is 11.3 Å². The molecule has 1 atom stereocenters.